The highest BCUT2D eigenvalue weighted by Gasteiger charge is 2.30. The molecule has 0 aliphatic rings. The minimum atomic E-state index is -4.38. The third-order valence-electron chi connectivity index (χ3n) is 3.37. The predicted molar refractivity (Wildman–Crippen MR) is 76.7 cm³/mol. The van der Waals surface area contributed by atoms with Crippen LogP contribution in [0.1, 0.15) is 16.7 Å². The number of benzene rings is 2. The summed E-state index contributed by atoms with van der Waals surface area (Å²) in [5.74, 6) is 0.177. The van der Waals surface area contributed by atoms with E-state index in [9.17, 15) is 13.2 Å². The smallest absolute Gasteiger partial charge is 0.416 e. The van der Waals surface area contributed by atoms with Crippen molar-refractivity contribution >= 4 is 11.0 Å². The molecule has 3 aromatic rings. The number of rotatable bonds is 3. The maximum absolute atomic E-state index is 12.7. The van der Waals surface area contributed by atoms with Gasteiger partial charge < -0.3 is 9.15 Å². The van der Waals surface area contributed by atoms with Gasteiger partial charge in [0.1, 0.15) is 17.9 Å². The maximum Gasteiger partial charge on any atom is 0.416 e. The molecule has 0 amide bonds. The lowest BCUT2D eigenvalue weighted by molar-refractivity contribution is -0.137. The molecule has 22 heavy (non-hydrogen) atoms. The fourth-order valence-electron chi connectivity index (χ4n) is 2.23. The van der Waals surface area contributed by atoms with E-state index in [-0.39, 0.29) is 12.4 Å². The van der Waals surface area contributed by atoms with Gasteiger partial charge >= 0.3 is 6.18 Å². The van der Waals surface area contributed by atoms with Crippen molar-refractivity contribution in [3.8, 4) is 5.75 Å². The van der Waals surface area contributed by atoms with E-state index in [4.69, 9.17) is 9.15 Å². The maximum atomic E-state index is 12.7. The number of furan rings is 1. The van der Waals surface area contributed by atoms with Crippen molar-refractivity contribution in [1.29, 1.82) is 0 Å². The third kappa shape index (κ3) is 2.93. The number of hydrogen-bond donors (Lipinski definition) is 0. The van der Waals surface area contributed by atoms with Crippen LogP contribution in [-0.2, 0) is 12.8 Å². The molecule has 0 radical (unpaired) electrons. The fourth-order valence-corrected chi connectivity index (χ4v) is 2.23. The highest BCUT2D eigenvalue weighted by molar-refractivity contribution is 5.81. The molecule has 0 fully saturated rings. The minimum absolute atomic E-state index is 0.150. The first kappa shape index (κ1) is 14.5. The lowest BCUT2D eigenvalue weighted by atomic mass is 10.1. The van der Waals surface area contributed by atoms with Gasteiger partial charge in [0, 0.05) is 10.9 Å². The number of alkyl halides is 3. The van der Waals surface area contributed by atoms with Crippen molar-refractivity contribution in [3.63, 3.8) is 0 Å². The van der Waals surface area contributed by atoms with Crippen LogP contribution in [0.2, 0.25) is 0 Å². The largest absolute Gasteiger partial charge is 0.489 e. The summed E-state index contributed by atoms with van der Waals surface area (Å²) in [7, 11) is 0. The van der Waals surface area contributed by atoms with Gasteiger partial charge in [-0.3, -0.25) is 0 Å². The zero-order chi connectivity index (χ0) is 15.7. The zero-order valence-corrected chi connectivity index (χ0v) is 11.8. The van der Waals surface area contributed by atoms with E-state index in [1.165, 1.54) is 12.1 Å². The van der Waals surface area contributed by atoms with Crippen molar-refractivity contribution < 1.29 is 22.3 Å². The second kappa shape index (κ2) is 5.40. The fraction of sp³-hybridized carbons (Fsp3) is 0.176. The van der Waals surface area contributed by atoms with Crippen LogP contribution >= 0.6 is 0 Å². The molecule has 5 heteroatoms. The summed E-state index contributed by atoms with van der Waals surface area (Å²) in [4.78, 5) is 0. The second-order valence-corrected chi connectivity index (χ2v) is 5.07. The molecule has 1 aromatic heterocycles. The summed E-state index contributed by atoms with van der Waals surface area (Å²) in [6, 6.07) is 10.6. The van der Waals surface area contributed by atoms with E-state index in [1.54, 1.807) is 6.26 Å². The lowest BCUT2D eigenvalue weighted by Gasteiger charge is -2.09. The van der Waals surface area contributed by atoms with E-state index in [0.29, 0.717) is 0 Å². The summed E-state index contributed by atoms with van der Waals surface area (Å²) < 4.78 is 48.9. The molecule has 0 N–H and O–H groups in total. The van der Waals surface area contributed by atoms with Crippen molar-refractivity contribution in [2.24, 2.45) is 0 Å². The molecular formula is C17H13F3O2. The van der Waals surface area contributed by atoms with Crippen molar-refractivity contribution in [1.82, 2.24) is 0 Å². The Bertz CT molecular complexity index is 803. The van der Waals surface area contributed by atoms with Gasteiger partial charge in [-0.1, -0.05) is 18.2 Å². The molecule has 0 spiro atoms. The lowest BCUT2D eigenvalue weighted by Crippen LogP contribution is -2.05. The Balaban J connectivity index is 1.80. The predicted octanol–water partition coefficient (Wildman–Crippen LogP) is 5.34. The Morgan fingerprint density at radius 3 is 2.68 bits per heavy atom. The summed E-state index contributed by atoms with van der Waals surface area (Å²) in [5, 5.41) is 0.901. The Hall–Kier alpha value is -2.43. The first-order valence-electron chi connectivity index (χ1n) is 6.70. The monoisotopic (exact) mass is 306 g/mol. The standard InChI is InChI=1S/C17H13F3O2/c1-11-5-6-15-12(10-22-16(15)7-11)9-21-14-4-2-3-13(8-14)17(18,19)20/h2-8,10H,9H2,1H3. The van der Waals surface area contributed by atoms with Crippen molar-refractivity contribution in [3.05, 3.63) is 65.4 Å². The molecule has 1 heterocycles. The average Bonchev–Trinajstić information content (AvgIpc) is 2.86. The number of halogens is 3. The molecule has 0 aliphatic carbocycles. The Kier molecular flexibility index (Phi) is 3.56. The van der Waals surface area contributed by atoms with Crippen molar-refractivity contribution in [2.75, 3.05) is 0 Å². The average molecular weight is 306 g/mol. The van der Waals surface area contributed by atoms with Crippen LogP contribution in [0.5, 0.6) is 5.75 Å². The van der Waals surface area contributed by atoms with Gasteiger partial charge in [-0.15, -0.1) is 0 Å². The van der Waals surface area contributed by atoms with Crippen LogP contribution in [0.3, 0.4) is 0 Å². The number of fused-ring (bicyclic) bond motifs is 1. The van der Waals surface area contributed by atoms with Crippen LogP contribution in [0.15, 0.2) is 53.1 Å². The molecule has 0 atom stereocenters. The van der Waals surface area contributed by atoms with Gasteiger partial charge in [0.2, 0.25) is 0 Å². The quantitative estimate of drug-likeness (QED) is 0.652. The van der Waals surface area contributed by atoms with Crippen LogP contribution in [0.4, 0.5) is 13.2 Å². The SMILES string of the molecule is Cc1ccc2c(COc3cccc(C(F)(F)F)c3)coc2c1. The van der Waals surface area contributed by atoms with Gasteiger partial charge in [0.05, 0.1) is 11.8 Å². The Labute approximate surface area is 125 Å². The Morgan fingerprint density at radius 2 is 1.91 bits per heavy atom. The first-order chi connectivity index (χ1) is 10.4. The molecule has 0 unspecified atom stereocenters. The summed E-state index contributed by atoms with van der Waals surface area (Å²) in [5.41, 5.74) is 1.89. The summed E-state index contributed by atoms with van der Waals surface area (Å²) in [6.45, 7) is 2.11. The van der Waals surface area contributed by atoms with Crippen LogP contribution in [0, 0.1) is 6.92 Å². The van der Waals surface area contributed by atoms with Crippen LogP contribution in [0.25, 0.3) is 11.0 Å². The van der Waals surface area contributed by atoms with Gasteiger partial charge in [-0.05, 0) is 36.8 Å². The molecule has 0 saturated carbocycles. The zero-order valence-electron chi connectivity index (χ0n) is 11.8. The van der Waals surface area contributed by atoms with Crippen LogP contribution < -0.4 is 4.74 Å². The van der Waals surface area contributed by atoms with Gasteiger partial charge in [0.25, 0.3) is 0 Å². The highest BCUT2D eigenvalue weighted by atomic mass is 19.4. The minimum Gasteiger partial charge on any atom is -0.489 e. The molecule has 0 saturated heterocycles. The number of aryl methyl sites for hydroxylation is 1. The van der Waals surface area contributed by atoms with E-state index < -0.39 is 11.7 Å². The normalized spacial score (nSPS) is 11.8. The van der Waals surface area contributed by atoms with E-state index in [0.717, 1.165) is 34.2 Å². The molecular weight excluding hydrogens is 293 g/mol. The molecule has 2 nitrogen and oxygen atoms in total. The van der Waals surface area contributed by atoms with E-state index >= 15 is 0 Å². The van der Waals surface area contributed by atoms with E-state index in [2.05, 4.69) is 0 Å². The third-order valence-corrected chi connectivity index (χ3v) is 3.37. The van der Waals surface area contributed by atoms with Gasteiger partial charge in [-0.2, -0.15) is 13.2 Å². The topological polar surface area (TPSA) is 22.4 Å². The van der Waals surface area contributed by atoms with E-state index in [1.807, 2.05) is 25.1 Å². The molecule has 0 bridgehead atoms. The molecule has 114 valence electrons. The second-order valence-electron chi connectivity index (χ2n) is 5.07. The number of hydrogen-bond acceptors (Lipinski definition) is 2. The van der Waals surface area contributed by atoms with Gasteiger partial charge in [-0.25, -0.2) is 0 Å². The molecule has 3 rings (SSSR count). The van der Waals surface area contributed by atoms with Crippen LogP contribution in [-0.4, -0.2) is 0 Å². The molecule has 2 aromatic carbocycles. The van der Waals surface area contributed by atoms with Gasteiger partial charge in [0.15, 0.2) is 0 Å². The summed E-state index contributed by atoms with van der Waals surface area (Å²) >= 11 is 0. The highest BCUT2D eigenvalue weighted by Crippen LogP contribution is 2.31. The first-order valence-corrected chi connectivity index (χ1v) is 6.70. The number of ether oxygens (including phenoxy) is 1. The van der Waals surface area contributed by atoms with Crippen molar-refractivity contribution in [2.45, 2.75) is 19.7 Å². The molecule has 0 aliphatic heterocycles. The Morgan fingerprint density at radius 1 is 1.09 bits per heavy atom. The summed E-state index contributed by atoms with van der Waals surface area (Å²) in [6.07, 6.45) is -2.81.